The highest BCUT2D eigenvalue weighted by atomic mass is 14.9. The third-order valence-corrected chi connectivity index (χ3v) is 4.69. The van der Waals surface area contributed by atoms with Gasteiger partial charge in [-0.1, -0.05) is 41.0 Å². The Balaban J connectivity index is 2.65. The summed E-state index contributed by atoms with van der Waals surface area (Å²) in [5.41, 5.74) is 0. The molecule has 1 rings (SSSR count). The SMILES string of the molecule is CCCNC(CC)C1CC(C)CCC1C(C)C. The van der Waals surface area contributed by atoms with Crippen LogP contribution < -0.4 is 5.32 Å². The molecule has 1 aliphatic carbocycles. The average molecular weight is 239 g/mol. The molecule has 0 saturated heterocycles. The summed E-state index contributed by atoms with van der Waals surface area (Å²) in [4.78, 5) is 0. The van der Waals surface area contributed by atoms with E-state index in [2.05, 4.69) is 39.9 Å². The average Bonchev–Trinajstić information content (AvgIpc) is 2.29. The lowest BCUT2D eigenvalue weighted by Gasteiger charge is -2.42. The topological polar surface area (TPSA) is 12.0 Å². The summed E-state index contributed by atoms with van der Waals surface area (Å²) < 4.78 is 0. The van der Waals surface area contributed by atoms with Gasteiger partial charge in [-0.3, -0.25) is 0 Å². The van der Waals surface area contributed by atoms with Crippen molar-refractivity contribution in [3.8, 4) is 0 Å². The third-order valence-electron chi connectivity index (χ3n) is 4.69. The van der Waals surface area contributed by atoms with Crippen molar-refractivity contribution in [3.63, 3.8) is 0 Å². The number of hydrogen-bond acceptors (Lipinski definition) is 1. The lowest BCUT2D eigenvalue weighted by molar-refractivity contribution is 0.106. The molecule has 1 nitrogen and oxygen atoms in total. The van der Waals surface area contributed by atoms with Crippen molar-refractivity contribution in [2.45, 2.75) is 72.8 Å². The van der Waals surface area contributed by atoms with E-state index < -0.39 is 0 Å². The minimum atomic E-state index is 0.755. The summed E-state index contributed by atoms with van der Waals surface area (Å²) in [5.74, 6) is 3.65. The molecule has 0 radical (unpaired) electrons. The maximum Gasteiger partial charge on any atom is 0.00955 e. The fourth-order valence-corrected chi connectivity index (χ4v) is 3.67. The van der Waals surface area contributed by atoms with Gasteiger partial charge in [0.1, 0.15) is 0 Å². The van der Waals surface area contributed by atoms with E-state index >= 15 is 0 Å². The van der Waals surface area contributed by atoms with Crippen molar-refractivity contribution in [1.82, 2.24) is 5.32 Å². The van der Waals surface area contributed by atoms with E-state index in [0.717, 1.165) is 29.7 Å². The zero-order valence-corrected chi connectivity index (χ0v) is 12.6. The summed E-state index contributed by atoms with van der Waals surface area (Å²) >= 11 is 0. The molecule has 1 N–H and O–H groups in total. The first-order valence-electron chi connectivity index (χ1n) is 7.83. The van der Waals surface area contributed by atoms with Gasteiger partial charge in [-0.25, -0.2) is 0 Å². The van der Waals surface area contributed by atoms with E-state index in [-0.39, 0.29) is 0 Å². The molecule has 0 bridgehead atoms. The van der Waals surface area contributed by atoms with Crippen LogP contribution in [0.4, 0.5) is 0 Å². The summed E-state index contributed by atoms with van der Waals surface area (Å²) in [6, 6.07) is 0.755. The van der Waals surface area contributed by atoms with Crippen LogP contribution in [0.15, 0.2) is 0 Å². The van der Waals surface area contributed by atoms with Gasteiger partial charge in [0.15, 0.2) is 0 Å². The molecule has 0 aromatic rings. The molecule has 0 aliphatic heterocycles. The molecule has 1 aliphatic rings. The normalized spacial score (nSPS) is 31.8. The maximum atomic E-state index is 3.79. The highest BCUT2D eigenvalue weighted by molar-refractivity contribution is 4.87. The van der Waals surface area contributed by atoms with Crippen LogP contribution in [-0.2, 0) is 0 Å². The van der Waals surface area contributed by atoms with E-state index in [1.165, 1.54) is 38.6 Å². The van der Waals surface area contributed by atoms with Crippen molar-refractivity contribution >= 4 is 0 Å². The van der Waals surface area contributed by atoms with E-state index in [9.17, 15) is 0 Å². The summed E-state index contributed by atoms with van der Waals surface area (Å²) in [6.45, 7) is 13.1. The van der Waals surface area contributed by atoms with Gasteiger partial charge < -0.3 is 5.32 Å². The Morgan fingerprint density at radius 3 is 2.35 bits per heavy atom. The van der Waals surface area contributed by atoms with E-state index in [1.807, 2.05) is 0 Å². The first-order chi connectivity index (χ1) is 8.10. The van der Waals surface area contributed by atoms with Crippen LogP contribution in [0.2, 0.25) is 0 Å². The molecule has 1 saturated carbocycles. The lowest BCUT2D eigenvalue weighted by Crippen LogP contribution is -2.43. The first kappa shape index (κ1) is 15.0. The molecule has 0 amide bonds. The molecule has 1 heteroatoms. The first-order valence-corrected chi connectivity index (χ1v) is 7.83. The summed E-state index contributed by atoms with van der Waals surface area (Å²) in [5, 5.41) is 3.79. The minimum Gasteiger partial charge on any atom is -0.314 e. The van der Waals surface area contributed by atoms with Crippen molar-refractivity contribution < 1.29 is 0 Å². The Morgan fingerprint density at radius 1 is 1.12 bits per heavy atom. The van der Waals surface area contributed by atoms with Gasteiger partial charge in [-0.15, -0.1) is 0 Å². The molecule has 4 atom stereocenters. The second-order valence-corrected chi connectivity index (χ2v) is 6.46. The molecule has 0 aromatic carbocycles. The molecule has 17 heavy (non-hydrogen) atoms. The molecule has 0 spiro atoms. The van der Waals surface area contributed by atoms with Crippen molar-refractivity contribution in [2.75, 3.05) is 6.54 Å². The largest absolute Gasteiger partial charge is 0.314 e. The highest BCUT2D eigenvalue weighted by Gasteiger charge is 2.34. The third kappa shape index (κ3) is 4.28. The Morgan fingerprint density at radius 2 is 1.82 bits per heavy atom. The quantitative estimate of drug-likeness (QED) is 0.721. The maximum absolute atomic E-state index is 3.79. The van der Waals surface area contributed by atoms with E-state index in [1.54, 1.807) is 0 Å². The molecule has 102 valence electrons. The predicted octanol–water partition coefficient (Wildman–Crippen LogP) is 4.47. The van der Waals surface area contributed by atoms with Gasteiger partial charge in [0.2, 0.25) is 0 Å². The van der Waals surface area contributed by atoms with Crippen LogP contribution in [0.5, 0.6) is 0 Å². The van der Waals surface area contributed by atoms with Crippen molar-refractivity contribution in [2.24, 2.45) is 23.7 Å². The van der Waals surface area contributed by atoms with Gasteiger partial charge in [-0.05, 0) is 55.9 Å². The fraction of sp³-hybridized carbons (Fsp3) is 1.00. The van der Waals surface area contributed by atoms with Gasteiger partial charge in [0.05, 0.1) is 0 Å². The van der Waals surface area contributed by atoms with Crippen LogP contribution in [0.25, 0.3) is 0 Å². The van der Waals surface area contributed by atoms with Crippen LogP contribution in [0.1, 0.15) is 66.7 Å². The van der Waals surface area contributed by atoms with Gasteiger partial charge in [0, 0.05) is 6.04 Å². The molecular weight excluding hydrogens is 206 g/mol. The number of nitrogens with one attached hydrogen (secondary N) is 1. The van der Waals surface area contributed by atoms with Gasteiger partial charge >= 0.3 is 0 Å². The molecular formula is C16H33N. The lowest BCUT2D eigenvalue weighted by atomic mass is 9.67. The summed E-state index contributed by atoms with van der Waals surface area (Å²) in [6.07, 6.45) is 6.89. The van der Waals surface area contributed by atoms with Crippen LogP contribution in [0.3, 0.4) is 0 Å². The Labute approximate surface area is 109 Å². The monoisotopic (exact) mass is 239 g/mol. The second-order valence-electron chi connectivity index (χ2n) is 6.46. The van der Waals surface area contributed by atoms with Crippen LogP contribution in [0, 0.1) is 23.7 Å². The number of hydrogen-bond donors (Lipinski definition) is 1. The van der Waals surface area contributed by atoms with Crippen molar-refractivity contribution in [3.05, 3.63) is 0 Å². The van der Waals surface area contributed by atoms with E-state index in [4.69, 9.17) is 0 Å². The van der Waals surface area contributed by atoms with Crippen molar-refractivity contribution in [1.29, 1.82) is 0 Å². The van der Waals surface area contributed by atoms with Gasteiger partial charge in [-0.2, -0.15) is 0 Å². The minimum absolute atomic E-state index is 0.755. The van der Waals surface area contributed by atoms with Crippen LogP contribution >= 0.6 is 0 Å². The molecule has 0 aromatic heterocycles. The standard InChI is InChI=1S/C16H33N/c1-6-10-17-16(7-2)15-11-13(5)8-9-14(15)12(3)4/h12-17H,6-11H2,1-5H3. The zero-order chi connectivity index (χ0) is 12.8. The fourth-order valence-electron chi connectivity index (χ4n) is 3.67. The van der Waals surface area contributed by atoms with E-state index in [0.29, 0.717) is 0 Å². The summed E-state index contributed by atoms with van der Waals surface area (Å²) in [7, 11) is 0. The zero-order valence-electron chi connectivity index (χ0n) is 12.6. The predicted molar refractivity (Wildman–Crippen MR) is 77.2 cm³/mol. The van der Waals surface area contributed by atoms with Crippen LogP contribution in [-0.4, -0.2) is 12.6 Å². The Hall–Kier alpha value is -0.0400. The second kappa shape index (κ2) is 7.41. The highest BCUT2D eigenvalue weighted by Crippen LogP contribution is 2.40. The number of rotatable bonds is 6. The van der Waals surface area contributed by atoms with Gasteiger partial charge in [0.25, 0.3) is 0 Å². The molecule has 1 fully saturated rings. The molecule has 4 unspecified atom stereocenters. The smallest absolute Gasteiger partial charge is 0.00955 e. The Bertz CT molecular complexity index is 200. The molecule has 0 heterocycles. The Kier molecular flexibility index (Phi) is 6.54.